The van der Waals surface area contributed by atoms with Crippen LogP contribution in [-0.2, 0) is 16.0 Å². The highest BCUT2D eigenvalue weighted by Gasteiger charge is 2.21. The molecule has 194 valence electrons. The summed E-state index contributed by atoms with van der Waals surface area (Å²) < 4.78 is 5.18. The quantitative estimate of drug-likeness (QED) is 0.317. The molecule has 0 saturated carbocycles. The van der Waals surface area contributed by atoms with Crippen molar-refractivity contribution in [1.82, 2.24) is 16.0 Å². The molecule has 0 heterocycles. The number of hydrogen-bond acceptors (Lipinski definition) is 4. The molecule has 0 aromatic heterocycles. The smallest absolute Gasteiger partial charge is 0.407 e. The molecule has 37 heavy (non-hydrogen) atoms. The maximum atomic E-state index is 12.9. The van der Waals surface area contributed by atoms with E-state index in [9.17, 15) is 14.4 Å². The van der Waals surface area contributed by atoms with Crippen molar-refractivity contribution in [3.63, 3.8) is 0 Å². The Morgan fingerprint density at radius 2 is 1.32 bits per heavy atom. The van der Waals surface area contributed by atoms with Crippen LogP contribution in [0, 0.1) is 0 Å². The number of ether oxygens (including phenoxy) is 1. The van der Waals surface area contributed by atoms with Gasteiger partial charge < -0.3 is 26.0 Å². The maximum absolute atomic E-state index is 12.9. The Balaban J connectivity index is 1.56. The van der Waals surface area contributed by atoms with E-state index >= 15 is 0 Å². The number of carbonyl (C=O) groups is 3. The van der Waals surface area contributed by atoms with Gasteiger partial charge in [0.05, 0.1) is 0 Å². The summed E-state index contributed by atoms with van der Waals surface area (Å²) in [6.45, 7) is 5.71. The monoisotopic (exact) mass is 502 g/mol. The second kappa shape index (κ2) is 13.1. The first-order valence-electron chi connectivity index (χ1n) is 12.2. The van der Waals surface area contributed by atoms with Gasteiger partial charge in [0.15, 0.2) is 0 Å². The maximum Gasteiger partial charge on any atom is 0.407 e. The SMILES string of the molecule is CC(C)(C)OC(=O)NCCNC(=O)C(Cc1ccccc1)NC(=O)Nc1ccc(-c2ccccc2)cc1. The van der Waals surface area contributed by atoms with E-state index in [1.807, 2.05) is 84.9 Å². The van der Waals surface area contributed by atoms with Gasteiger partial charge in [-0.2, -0.15) is 0 Å². The zero-order valence-electron chi connectivity index (χ0n) is 21.4. The predicted octanol–water partition coefficient (Wildman–Crippen LogP) is 4.73. The summed E-state index contributed by atoms with van der Waals surface area (Å²) in [4.78, 5) is 37.4. The van der Waals surface area contributed by atoms with E-state index in [0.29, 0.717) is 12.1 Å². The molecule has 4 N–H and O–H groups in total. The third kappa shape index (κ3) is 9.68. The van der Waals surface area contributed by atoms with Crippen molar-refractivity contribution in [3.8, 4) is 11.1 Å². The molecule has 0 radical (unpaired) electrons. The minimum Gasteiger partial charge on any atom is -0.444 e. The molecule has 0 bridgehead atoms. The van der Waals surface area contributed by atoms with Crippen molar-refractivity contribution in [2.24, 2.45) is 0 Å². The molecule has 0 saturated heterocycles. The topological polar surface area (TPSA) is 109 Å². The Kier molecular flexibility index (Phi) is 9.66. The van der Waals surface area contributed by atoms with Crippen LogP contribution < -0.4 is 21.3 Å². The fourth-order valence-corrected chi connectivity index (χ4v) is 3.55. The lowest BCUT2D eigenvalue weighted by Crippen LogP contribution is -2.50. The van der Waals surface area contributed by atoms with Crippen LogP contribution in [0.1, 0.15) is 26.3 Å². The lowest BCUT2D eigenvalue weighted by Gasteiger charge is -2.21. The van der Waals surface area contributed by atoms with E-state index in [1.54, 1.807) is 20.8 Å². The van der Waals surface area contributed by atoms with Crippen LogP contribution in [0.2, 0.25) is 0 Å². The van der Waals surface area contributed by atoms with Gasteiger partial charge in [-0.1, -0.05) is 72.8 Å². The summed E-state index contributed by atoms with van der Waals surface area (Å²) in [5, 5.41) is 10.9. The van der Waals surface area contributed by atoms with Gasteiger partial charge in [0.1, 0.15) is 11.6 Å². The lowest BCUT2D eigenvalue weighted by molar-refractivity contribution is -0.122. The zero-order valence-corrected chi connectivity index (χ0v) is 21.4. The molecule has 0 fully saturated rings. The average Bonchev–Trinajstić information content (AvgIpc) is 2.86. The minimum atomic E-state index is -0.812. The van der Waals surface area contributed by atoms with Crippen LogP contribution in [0.5, 0.6) is 0 Å². The number of amides is 4. The Morgan fingerprint density at radius 1 is 0.757 bits per heavy atom. The van der Waals surface area contributed by atoms with Gasteiger partial charge in [-0.3, -0.25) is 4.79 Å². The molecule has 1 unspecified atom stereocenters. The zero-order chi connectivity index (χ0) is 26.7. The molecule has 1 atom stereocenters. The first-order chi connectivity index (χ1) is 17.7. The summed E-state index contributed by atoms with van der Waals surface area (Å²) >= 11 is 0. The van der Waals surface area contributed by atoms with Crippen molar-refractivity contribution in [1.29, 1.82) is 0 Å². The fraction of sp³-hybridized carbons (Fsp3) is 0.276. The minimum absolute atomic E-state index is 0.188. The molecule has 3 aromatic rings. The molecule has 3 aromatic carbocycles. The summed E-state index contributed by atoms with van der Waals surface area (Å²) in [6, 6.07) is 25.6. The van der Waals surface area contributed by atoms with E-state index in [0.717, 1.165) is 16.7 Å². The highest BCUT2D eigenvalue weighted by Crippen LogP contribution is 2.21. The van der Waals surface area contributed by atoms with Gasteiger partial charge in [-0.25, -0.2) is 9.59 Å². The number of carbonyl (C=O) groups excluding carboxylic acids is 3. The lowest BCUT2D eigenvalue weighted by atomic mass is 10.1. The molecule has 8 nitrogen and oxygen atoms in total. The van der Waals surface area contributed by atoms with E-state index in [2.05, 4.69) is 21.3 Å². The standard InChI is InChI=1S/C29H34N4O4/c1-29(2,3)37-28(36)31-19-18-30-26(34)25(20-21-10-6-4-7-11-21)33-27(35)32-24-16-14-23(15-17-24)22-12-8-5-9-13-22/h4-17,25H,18-20H2,1-3H3,(H,30,34)(H,31,36)(H2,32,33,35). The van der Waals surface area contributed by atoms with Crippen LogP contribution >= 0.6 is 0 Å². The van der Waals surface area contributed by atoms with Gasteiger partial charge in [-0.05, 0) is 49.6 Å². The van der Waals surface area contributed by atoms with Crippen molar-refractivity contribution in [3.05, 3.63) is 90.5 Å². The first-order valence-corrected chi connectivity index (χ1v) is 12.2. The summed E-state index contributed by atoms with van der Waals surface area (Å²) in [5.74, 6) is -0.357. The Morgan fingerprint density at radius 3 is 1.95 bits per heavy atom. The Bertz CT molecular complexity index is 1160. The van der Waals surface area contributed by atoms with Gasteiger partial charge in [-0.15, -0.1) is 0 Å². The highest BCUT2D eigenvalue weighted by atomic mass is 16.6. The molecule has 4 amide bonds. The normalized spacial score (nSPS) is 11.6. The van der Waals surface area contributed by atoms with Crippen LogP contribution in [0.15, 0.2) is 84.9 Å². The van der Waals surface area contributed by atoms with E-state index in [1.165, 1.54) is 0 Å². The predicted molar refractivity (Wildman–Crippen MR) is 145 cm³/mol. The van der Waals surface area contributed by atoms with Crippen LogP contribution in [0.3, 0.4) is 0 Å². The number of alkyl carbamates (subject to hydrolysis) is 1. The second-order valence-electron chi connectivity index (χ2n) is 9.50. The van der Waals surface area contributed by atoms with Gasteiger partial charge in [0.2, 0.25) is 5.91 Å². The Hall–Kier alpha value is -4.33. The molecule has 0 aliphatic heterocycles. The van der Waals surface area contributed by atoms with Gasteiger partial charge >= 0.3 is 12.1 Å². The number of nitrogens with one attached hydrogen (secondary N) is 4. The molecule has 8 heteroatoms. The first kappa shape index (κ1) is 27.3. The summed E-state index contributed by atoms with van der Waals surface area (Å²) in [6.07, 6.45) is -0.245. The molecular weight excluding hydrogens is 468 g/mol. The molecule has 3 rings (SSSR count). The molecule has 0 aliphatic rings. The van der Waals surface area contributed by atoms with Crippen molar-refractivity contribution < 1.29 is 19.1 Å². The third-order valence-corrected chi connectivity index (χ3v) is 5.25. The summed E-state index contributed by atoms with van der Waals surface area (Å²) in [7, 11) is 0. The van der Waals surface area contributed by atoms with Crippen molar-refractivity contribution >= 4 is 23.7 Å². The second-order valence-corrected chi connectivity index (χ2v) is 9.50. The Labute approximate surface area is 217 Å². The van der Waals surface area contributed by atoms with Gasteiger partial charge in [0.25, 0.3) is 0 Å². The van der Waals surface area contributed by atoms with Crippen LogP contribution in [-0.4, -0.2) is 42.8 Å². The van der Waals surface area contributed by atoms with Crippen LogP contribution in [0.4, 0.5) is 15.3 Å². The number of benzene rings is 3. The van der Waals surface area contributed by atoms with Crippen LogP contribution in [0.25, 0.3) is 11.1 Å². The number of anilines is 1. The van der Waals surface area contributed by atoms with Crippen molar-refractivity contribution in [2.75, 3.05) is 18.4 Å². The summed E-state index contributed by atoms with van der Waals surface area (Å²) in [5.41, 5.74) is 3.03. The average molecular weight is 503 g/mol. The van der Waals surface area contributed by atoms with Gasteiger partial charge in [0, 0.05) is 25.2 Å². The molecule has 0 aliphatic carbocycles. The number of urea groups is 1. The van der Waals surface area contributed by atoms with E-state index < -0.39 is 23.8 Å². The number of hydrogen-bond donors (Lipinski definition) is 4. The van der Waals surface area contributed by atoms with Crippen molar-refractivity contribution in [2.45, 2.75) is 38.8 Å². The highest BCUT2D eigenvalue weighted by molar-refractivity contribution is 5.94. The largest absolute Gasteiger partial charge is 0.444 e. The van der Waals surface area contributed by atoms with E-state index in [-0.39, 0.29) is 19.0 Å². The third-order valence-electron chi connectivity index (χ3n) is 5.25. The molecular formula is C29H34N4O4. The molecule has 0 spiro atoms. The fourth-order valence-electron chi connectivity index (χ4n) is 3.55. The number of rotatable bonds is 9. The van der Waals surface area contributed by atoms with E-state index in [4.69, 9.17) is 4.74 Å².